The Morgan fingerprint density at radius 1 is 1.40 bits per heavy atom. The highest BCUT2D eigenvalue weighted by atomic mass is 16.6. The predicted octanol–water partition coefficient (Wildman–Crippen LogP) is 2.52. The van der Waals surface area contributed by atoms with Gasteiger partial charge in [0.15, 0.2) is 0 Å². The molecule has 0 aliphatic rings. The summed E-state index contributed by atoms with van der Waals surface area (Å²) in [5.41, 5.74) is 6.07. The Kier molecular flexibility index (Phi) is 4.96. The number of ether oxygens (including phenoxy) is 2. The topological polar surface area (TPSA) is 97.4 Å². The van der Waals surface area contributed by atoms with E-state index < -0.39 is 11.7 Å². The van der Waals surface area contributed by atoms with Gasteiger partial charge in [0.1, 0.15) is 11.4 Å². The Balaban J connectivity index is 2.95. The fourth-order valence-corrected chi connectivity index (χ4v) is 1.57. The fourth-order valence-electron chi connectivity index (χ4n) is 1.57. The fraction of sp³-hybridized carbons (Fsp3) is 0.429. The van der Waals surface area contributed by atoms with E-state index in [0.29, 0.717) is 11.4 Å². The number of amides is 1. The number of amidine groups is 1. The molecule has 0 bridgehead atoms. The van der Waals surface area contributed by atoms with Crippen LogP contribution in [-0.2, 0) is 11.2 Å². The Hall–Kier alpha value is -2.24. The molecule has 1 aromatic carbocycles. The zero-order valence-electron chi connectivity index (χ0n) is 12.2. The van der Waals surface area contributed by atoms with Crippen molar-refractivity contribution in [3.63, 3.8) is 0 Å². The quantitative estimate of drug-likeness (QED) is 0.582. The first-order valence-corrected chi connectivity index (χ1v) is 6.21. The number of benzene rings is 1. The molecule has 1 rings (SSSR count). The molecule has 0 atom stereocenters. The lowest BCUT2D eigenvalue weighted by Gasteiger charge is -2.20. The van der Waals surface area contributed by atoms with Crippen LogP contribution in [0.5, 0.6) is 5.75 Å². The maximum Gasteiger partial charge on any atom is 0.412 e. The molecule has 0 fully saturated rings. The van der Waals surface area contributed by atoms with Crippen LogP contribution in [0.15, 0.2) is 18.2 Å². The van der Waals surface area contributed by atoms with E-state index in [2.05, 4.69) is 5.32 Å². The van der Waals surface area contributed by atoms with Crippen molar-refractivity contribution in [2.75, 3.05) is 12.4 Å². The molecule has 0 unspecified atom stereocenters. The van der Waals surface area contributed by atoms with E-state index in [1.165, 1.54) is 7.11 Å². The predicted molar refractivity (Wildman–Crippen MR) is 78.5 cm³/mol. The third-order valence-electron chi connectivity index (χ3n) is 2.33. The summed E-state index contributed by atoms with van der Waals surface area (Å²) >= 11 is 0. The lowest BCUT2D eigenvalue weighted by molar-refractivity contribution is 0.0636. The molecule has 4 N–H and O–H groups in total. The normalized spacial score (nSPS) is 10.8. The van der Waals surface area contributed by atoms with Crippen molar-refractivity contribution in [1.82, 2.24) is 0 Å². The second-order valence-electron chi connectivity index (χ2n) is 5.35. The highest BCUT2D eigenvalue weighted by Gasteiger charge is 2.17. The molecule has 0 saturated heterocycles. The Morgan fingerprint density at radius 3 is 2.55 bits per heavy atom. The number of anilines is 1. The van der Waals surface area contributed by atoms with Crippen molar-refractivity contribution >= 4 is 17.6 Å². The smallest absolute Gasteiger partial charge is 0.412 e. The van der Waals surface area contributed by atoms with E-state index in [4.69, 9.17) is 20.6 Å². The zero-order chi connectivity index (χ0) is 15.3. The lowest BCUT2D eigenvalue weighted by atomic mass is 10.1. The van der Waals surface area contributed by atoms with Gasteiger partial charge >= 0.3 is 6.09 Å². The molecule has 0 spiro atoms. The van der Waals surface area contributed by atoms with Crippen LogP contribution in [0.4, 0.5) is 10.5 Å². The van der Waals surface area contributed by atoms with Gasteiger partial charge in [-0.2, -0.15) is 0 Å². The van der Waals surface area contributed by atoms with Gasteiger partial charge in [-0.1, -0.05) is 6.07 Å². The zero-order valence-corrected chi connectivity index (χ0v) is 12.2. The summed E-state index contributed by atoms with van der Waals surface area (Å²) in [5.74, 6) is 0.616. The second-order valence-corrected chi connectivity index (χ2v) is 5.35. The number of hydrogen-bond acceptors (Lipinski definition) is 4. The highest BCUT2D eigenvalue weighted by Crippen LogP contribution is 2.23. The first-order chi connectivity index (χ1) is 9.21. The van der Waals surface area contributed by atoms with Gasteiger partial charge in [0.25, 0.3) is 0 Å². The van der Waals surface area contributed by atoms with Gasteiger partial charge in [-0.3, -0.25) is 10.7 Å². The molecule has 1 amide bonds. The summed E-state index contributed by atoms with van der Waals surface area (Å²) in [6.45, 7) is 5.36. The van der Waals surface area contributed by atoms with Crippen molar-refractivity contribution < 1.29 is 14.3 Å². The van der Waals surface area contributed by atoms with Gasteiger partial charge in [0.2, 0.25) is 0 Å². The first kappa shape index (κ1) is 15.8. The van der Waals surface area contributed by atoms with E-state index in [0.717, 1.165) is 5.56 Å². The van der Waals surface area contributed by atoms with Crippen LogP contribution in [0.1, 0.15) is 26.3 Å². The SMILES string of the molecule is COc1ccc(CC(=N)N)c(NC(=O)OC(C)(C)C)c1. The number of carbonyl (C=O) groups excluding carboxylic acids is 1. The number of carbonyl (C=O) groups is 1. The molecule has 0 heterocycles. The van der Waals surface area contributed by atoms with Crippen LogP contribution in [0.25, 0.3) is 0 Å². The van der Waals surface area contributed by atoms with Gasteiger partial charge in [-0.05, 0) is 32.4 Å². The molecule has 0 aliphatic heterocycles. The van der Waals surface area contributed by atoms with Crippen LogP contribution in [0.3, 0.4) is 0 Å². The summed E-state index contributed by atoms with van der Waals surface area (Å²) in [6.07, 6.45) is -0.315. The summed E-state index contributed by atoms with van der Waals surface area (Å²) in [4.78, 5) is 11.8. The van der Waals surface area contributed by atoms with Crippen LogP contribution < -0.4 is 15.8 Å². The maximum atomic E-state index is 11.8. The number of nitrogens with one attached hydrogen (secondary N) is 2. The van der Waals surface area contributed by atoms with Crippen molar-refractivity contribution in [2.45, 2.75) is 32.8 Å². The molecule has 20 heavy (non-hydrogen) atoms. The average molecular weight is 279 g/mol. The van der Waals surface area contributed by atoms with Crippen LogP contribution in [-0.4, -0.2) is 24.6 Å². The lowest BCUT2D eigenvalue weighted by Crippen LogP contribution is -2.27. The molecule has 6 nitrogen and oxygen atoms in total. The number of hydrogen-bond donors (Lipinski definition) is 3. The molecule has 0 aromatic heterocycles. The molecule has 6 heteroatoms. The molecule has 0 saturated carbocycles. The average Bonchev–Trinajstić information content (AvgIpc) is 2.28. The maximum absolute atomic E-state index is 11.8. The van der Waals surface area contributed by atoms with Gasteiger partial charge < -0.3 is 15.2 Å². The third kappa shape index (κ3) is 5.17. The highest BCUT2D eigenvalue weighted by molar-refractivity contribution is 5.88. The Labute approximate surface area is 118 Å². The number of methoxy groups -OCH3 is 1. The van der Waals surface area contributed by atoms with Crippen LogP contribution in [0, 0.1) is 5.41 Å². The minimum atomic E-state index is -0.580. The van der Waals surface area contributed by atoms with Gasteiger partial charge in [0, 0.05) is 12.5 Å². The molecular weight excluding hydrogens is 258 g/mol. The summed E-state index contributed by atoms with van der Waals surface area (Å²) in [7, 11) is 1.54. The van der Waals surface area contributed by atoms with Crippen molar-refractivity contribution in [3.8, 4) is 5.75 Å². The standard InChI is InChI=1S/C14H21N3O3/c1-14(2,3)20-13(18)17-11-8-10(19-4)6-5-9(11)7-12(15)16/h5-6,8H,7H2,1-4H3,(H3,15,16)(H,17,18). The first-order valence-electron chi connectivity index (χ1n) is 6.21. The molecule has 0 radical (unpaired) electrons. The van der Waals surface area contributed by atoms with Crippen molar-refractivity contribution in [3.05, 3.63) is 23.8 Å². The summed E-state index contributed by atoms with van der Waals surface area (Å²) in [6, 6.07) is 5.17. The van der Waals surface area contributed by atoms with E-state index in [9.17, 15) is 4.79 Å². The number of rotatable bonds is 4. The van der Waals surface area contributed by atoms with Gasteiger partial charge in [-0.15, -0.1) is 0 Å². The number of nitrogens with two attached hydrogens (primary N) is 1. The summed E-state index contributed by atoms with van der Waals surface area (Å²) in [5, 5.41) is 10.0. The van der Waals surface area contributed by atoms with Gasteiger partial charge in [-0.25, -0.2) is 4.79 Å². The Bertz CT molecular complexity index is 507. The molecule has 0 aliphatic carbocycles. The molecular formula is C14H21N3O3. The molecule has 110 valence electrons. The summed E-state index contributed by atoms with van der Waals surface area (Å²) < 4.78 is 10.3. The molecule has 1 aromatic rings. The van der Waals surface area contributed by atoms with Crippen LogP contribution >= 0.6 is 0 Å². The Morgan fingerprint density at radius 2 is 2.05 bits per heavy atom. The largest absolute Gasteiger partial charge is 0.497 e. The minimum absolute atomic E-state index is 0.0161. The third-order valence-corrected chi connectivity index (χ3v) is 2.33. The van der Waals surface area contributed by atoms with Gasteiger partial charge in [0.05, 0.1) is 18.6 Å². The van der Waals surface area contributed by atoms with E-state index in [-0.39, 0.29) is 12.3 Å². The van der Waals surface area contributed by atoms with E-state index in [1.807, 2.05) is 0 Å². The van der Waals surface area contributed by atoms with E-state index in [1.54, 1.807) is 39.0 Å². The van der Waals surface area contributed by atoms with Crippen LogP contribution in [0.2, 0.25) is 0 Å². The second kappa shape index (κ2) is 6.27. The minimum Gasteiger partial charge on any atom is -0.497 e. The van der Waals surface area contributed by atoms with Crippen molar-refractivity contribution in [2.24, 2.45) is 5.73 Å². The van der Waals surface area contributed by atoms with Crippen molar-refractivity contribution in [1.29, 1.82) is 5.41 Å². The van der Waals surface area contributed by atoms with E-state index >= 15 is 0 Å². The monoisotopic (exact) mass is 279 g/mol.